The molecule has 2 amide bonds. The minimum absolute atomic E-state index is 0.0168. The molecule has 9 heteroatoms. The molecule has 3 rings (SSSR count). The van der Waals surface area contributed by atoms with Crippen molar-refractivity contribution in [2.45, 2.75) is 19.9 Å². The number of halogens is 2. The van der Waals surface area contributed by atoms with Crippen molar-refractivity contribution in [3.8, 4) is 0 Å². The fourth-order valence-electron chi connectivity index (χ4n) is 3.25. The summed E-state index contributed by atoms with van der Waals surface area (Å²) in [5.74, 6) is -4.11. The third-order valence-corrected chi connectivity index (χ3v) is 4.61. The molecule has 1 atom stereocenters. The Labute approximate surface area is 170 Å². The number of amides is 2. The largest absolute Gasteiger partial charge is 0.478 e. The van der Waals surface area contributed by atoms with Crippen LogP contribution in [0.4, 0.5) is 19.3 Å². The lowest BCUT2D eigenvalue weighted by molar-refractivity contribution is -0.139. The van der Waals surface area contributed by atoms with E-state index in [1.54, 1.807) is 6.92 Å². The maximum absolute atomic E-state index is 13.8. The van der Waals surface area contributed by atoms with E-state index in [0.29, 0.717) is 0 Å². The van der Waals surface area contributed by atoms with E-state index >= 15 is 0 Å². The molecule has 0 fully saturated rings. The van der Waals surface area contributed by atoms with Crippen LogP contribution < -0.4 is 10.2 Å². The van der Waals surface area contributed by atoms with Gasteiger partial charge in [-0.15, -0.1) is 0 Å². The summed E-state index contributed by atoms with van der Waals surface area (Å²) >= 11 is 0. The van der Waals surface area contributed by atoms with E-state index in [-0.39, 0.29) is 34.7 Å². The van der Waals surface area contributed by atoms with Gasteiger partial charge in [0, 0.05) is 5.70 Å². The predicted octanol–water partition coefficient (Wildman–Crippen LogP) is 3.77. The molecule has 1 aliphatic rings. The summed E-state index contributed by atoms with van der Waals surface area (Å²) in [6, 6.07) is 6.93. The number of aromatic carboxylic acids is 1. The van der Waals surface area contributed by atoms with Gasteiger partial charge in [-0.3, -0.25) is 4.90 Å². The first-order chi connectivity index (χ1) is 14.2. The van der Waals surface area contributed by atoms with E-state index in [9.17, 15) is 28.3 Å². The van der Waals surface area contributed by atoms with Gasteiger partial charge in [-0.25, -0.2) is 23.2 Å². The van der Waals surface area contributed by atoms with Gasteiger partial charge in [0.05, 0.1) is 29.5 Å². The number of esters is 1. The molecule has 30 heavy (non-hydrogen) atoms. The molecular weight excluding hydrogens is 398 g/mol. The van der Waals surface area contributed by atoms with Crippen molar-refractivity contribution in [1.29, 1.82) is 0 Å². The number of benzene rings is 2. The van der Waals surface area contributed by atoms with Gasteiger partial charge in [0.2, 0.25) is 0 Å². The van der Waals surface area contributed by atoms with Gasteiger partial charge in [0.25, 0.3) is 0 Å². The highest BCUT2D eigenvalue weighted by Crippen LogP contribution is 2.34. The minimum atomic E-state index is -1.18. The zero-order valence-electron chi connectivity index (χ0n) is 16.1. The maximum atomic E-state index is 13.8. The van der Waals surface area contributed by atoms with Crippen LogP contribution in [0.15, 0.2) is 53.7 Å². The second-order valence-electron chi connectivity index (χ2n) is 6.47. The summed E-state index contributed by atoms with van der Waals surface area (Å²) in [5, 5.41) is 11.8. The zero-order valence-corrected chi connectivity index (χ0v) is 16.1. The van der Waals surface area contributed by atoms with Gasteiger partial charge >= 0.3 is 18.0 Å². The highest BCUT2D eigenvalue weighted by Gasteiger charge is 2.37. The van der Waals surface area contributed by atoms with E-state index < -0.39 is 35.6 Å². The lowest BCUT2D eigenvalue weighted by Gasteiger charge is -2.35. The summed E-state index contributed by atoms with van der Waals surface area (Å²) in [7, 11) is 0. The van der Waals surface area contributed by atoms with Crippen LogP contribution in [0.2, 0.25) is 0 Å². The van der Waals surface area contributed by atoms with E-state index in [0.717, 1.165) is 17.0 Å². The van der Waals surface area contributed by atoms with Crippen LogP contribution in [0.1, 0.15) is 35.8 Å². The standard InChI is InChI=1S/C21H18F2N2O5/c1-3-30-20(28)17-11(2)25(14-6-4-5-13(9-14)19(26)27)21(29)24-18(17)12-7-8-15(22)16(23)10-12/h4-10,18H,3H2,1-2H3,(H,24,29)(H,26,27)/t18-/m1/s1. The number of hydrogen-bond donors (Lipinski definition) is 2. The summed E-state index contributed by atoms with van der Waals surface area (Å²) in [4.78, 5) is 38.0. The van der Waals surface area contributed by atoms with E-state index in [1.807, 2.05) is 0 Å². The van der Waals surface area contributed by atoms with Crippen LogP contribution >= 0.6 is 0 Å². The van der Waals surface area contributed by atoms with Gasteiger partial charge in [-0.05, 0) is 49.7 Å². The number of anilines is 1. The van der Waals surface area contributed by atoms with Crippen molar-refractivity contribution >= 4 is 23.7 Å². The first-order valence-corrected chi connectivity index (χ1v) is 9.01. The molecule has 0 aromatic heterocycles. The number of carbonyl (C=O) groups excluding carboxylic acids is 2. The molecule has 1 aliphatic heterocycles. The highest BCUT2D eigenvalue weighted by atomic mass is 19.2. The third-order valence-electron chi connectivity index (χ3n) is 4.61. The van der Waals surface area contributed by atoms with Gasteiger partial charge in [0.1, 0.15) is 0 Å². The second-order valence-corrected chi connectivity index (χ2v) is 6.47. The number of carbonyl (C=O) groups is 3. The van der Waals surface area contributed by atoms with Crippen LogP contribution in [-0.2, 0) is 9.53 Å². The fraction of sp³-hybridized carbons (Fsp3) is 0.190. The number of hydrogen-bond acceptors (Lipinski definition) is 4. The number of urea groups is 1. The van der Waals surface area contributed by atoms with E-state index in [1.165, 1.54) is 37.3 Å². The number of nitrogens with one attached hydrogen (secondary N) is 1. The van der Waals surface area contributed by atoms with Gasteiger partial charge in [-0.1, -0.05) is 12.1 Å². The average molecular weight is 416 g/mol. The molecular formula is C21H18F2N2O5. The maximum Gasteiger partial charge on any atom is 0.338 e. The molecule has 0 spiro atoms. The molecule has 0 radical (unpaired) electrons. The highest BCUT2D eigenvalue weighted by molar-refractivity contribution is 6.03. The Morgan fingerprint density at radius 2 is 1.90 bits per heavy atom. The lowest BCUT2D eigenvalue weighted by Crippen LogP contribution is -2.48. The average Bonchev–Trinajstić information content (AvgIpc) is 2.70. The van der Waals surface area contributed by atoms with Crippen LogP contribution in [-0.4, -0.2) is 29.7 Å². The smallest absolute Gasteiger partial charge is 0.338 e. The van der Waals surface area contributed by atoms with Crippen LogP contribution in [0.25, 0.3) is 0 Å². The zero-order chi connectivity index (χ0) is 22.0. The molecule has 156 valence electrons. The molecule has 0 bridgehead atoms. The molecule has 1 heterocycles. The second kappa shape index (κ2) is 8.32. The normalized spacial score (nSPS) is 16.3. The van der Waals surface area contributed by atoms with Crippen LogP contribution in [0, 0.1) is 11.6 Å². The number of allylic oxidation sites excluding steroid dienone is 1. The third kappa shape index (κ3) is 3.86. The number of carboxylic acid groups (broad SMARTS) is 1. The monoisotopic (exact) mass is 416 g/mol. The summed E-state index contributed by atoms with van der Waals surface area (Å²) < 4.78 is 32.2. The van der Waals surface area contributed by atoms with Crippen molar-refractivity contribution in [2.75, 3.05) is 11.5 Å². The number of nitrogens with zero attached hydrogens (tertiary/aromatic N) is 1. The molecule has 0 saturated carbocycles. The SMILES string of the molecule is CCOC(=O)C1=C(C)N(c2cccc(C(=O)O)c2)C(=O)N[C@@H]1c1ccc(F)c(F)c1. The molecule has 0 unspecified atom stereocenters. The Morgan fingerprint density at radius 1 is 1.17 bits per heavy atom. The van der Waals surface area contributed by atoms with E-state index in [4.69, 9.17) is 4.74 Å². The summed E-state index contributed by atoms with van der Waals surface area (Å²) in [6.45, 7) is 3.16. The molecule has 7 nitrogen and oxygen atoms in total. The quantitative estimate of drug-likeness (QED) is 0.724. The lowest BCUT2D eigenvalue weighted by atomic mass is 9.94. The van der Waals surface area contributed by atoms with Crippen molar-refractivity contribution in [2.24, 2.45) is 0 Å². The van der Waals surface area contributed by atoms with Gasteiger partial charge in [0.15, 0.2) is 11.6 Å². The van der Waals surface area contributed by atoms with E-state index in [2.05, 4.69) is 5.32 Å². The molecule has 0 saturated heterocycles. The topological polar surface area (TPSA) is 95.9 Å². The van der Waals surface area contributed by atoms with Crippen molar-refractivity contribution in [3.63, 3.8) is 0 Å². The van der Waals surface area contributed by atoms with Crippen LogP contribution in [0.3, 0.4) is 0 Å². The Balaban J connectivity index is 2.15. The Hall–Kier alpha value is -3.75. The Kier molecular flexibility index (Phi) is 5.81. The Bertz CT molecular complexity index is 1070. The van der Waals surface area contributed by atoms with Crippen LogP contribution in [0.5, 0.6) is 0 Å². The minimum Gasteiger partial charge on any atom is -0.478 e. The molecule has 2 aromatic carbocycles. The van der Waals surface area contributed by atoms with Crippen molar-refractivity contribution in [1.82, 2.24) is 5.32 Å². The number of rotatable bonds is 5. The van der Waals surface area contributed by atoms with Crippen molar-refractivity contribution in [3.05, 3.63) is 76.5 Å². The summed E-state index contributed by atoms with van der Waals surface area (Å²) in [5.41, 5.74) is 0.519. The summed E-state index contributed by atoms with van der Waals surface area (Å²) in [6.07, 6.45) is 0. The van der Waals surface area contributed by atoms with Crippen molar-refractivity contribution < 1.29 is 33.0 Å². The number of carboxylic acids is 1. The fourth-order valence-corrected chi connectivity index (χ4v) is 3.25. The first kappa shape index (κ1) is 21.0. The van der Waals surface area contributed by atoms with Gasteiger partial charge in [-0.2, -0.15) is 0 Å². The van der Waals surface area contributed by atoms with Gasteiger partial charge < -0.3 is 15.2 Å². The molecule has 0 aliphatic carbocycles. The first-order valence-electron chi connectivity index (χ1n) is 9.01. The molecule has 2 aromatic rings. The number of ether oxygens (including phenoxy) is 1. The Morgan fingerprint density at radius 3 is 2.53 bits per heavy atom. The molecule has 2 N–H and O–H groups in total. The predicted molar refractivity (Wildman–Crippen MR) is 103 cm³/mol.